The molecule has 3 aromatic rings. The van der Waals surface area contributed by atoms with E-state index in [0.717, 1.165) is 29.9 Å². The van der Waals surface area contributed by atoms with Gasteiger partial charge in [-0.15, -0.1) is 0 Å². The van der Waals surface area contributed by atoms with Gasteiger partial charge in [0, 0.05) is 42.8 Å². The Hall–Kier alpha value is -3.67. The molecule has 1 saturated heterocycles. The predicted molar refractivity (Wildman–Crippen MR) is 109 cm³/mol. The lowest BCUT2D eigenvalue weighted by Crippen LogP contribution is -2.23. The van der Waals surface area contributed by atoms with Crippen LogP contribution in [0.1, 0.15) is 18.4 Å². The minimum absolute atomic E-state index is 0.167. The number of amides is 2. The van der Waals surface area contributed by atoms with E-state index in [2.05, 4.69) is 10.4 Å². The first-order valence-electron chi connectivity index (χ1n) is 9.19. The molecular formula is C22H20N4O2. The van der Waals surface area contributed by atoms with Gasteiger partial charge in [-0.05, 0) is 54.5 Å². The molecule has 0 spiro atoms. The molecule has 1 fully saturated rings. The number of carbonyl (C=O) groups is 2. The maximum atomic E-state index is 12.2. The second-order valence-corrected chi connectivity index (χ2v) is 6.56. The topological polar surface area (TPSA) is 67.2 Å². The molecule has 2 aromatic carbocycles. The molecule has 6 heteroatoms. The molecule has 1 aromatic heterocycles. The van der Waals surface area contributed by atoms with Crippen molar-refractivity contribution < 1.29 is 9.59 Å². The van der Waals surface area contributed by atoms with Crippen LogP contribution in [-0.4, -0.2) is 28.1 Å². The molecule has 0 aliphatic carbocycles. The largest absolute Gasteiger partial charge is 0.322 e. The van der Waals surface area contributed by atoms with Crippen molar-refractivity contribution in [2.24, 2.45) is 0 Å². The van der Waals surface area contributed by atoms with Gasteiger partial charge in [-0.2, -0.15) is 5.10 Å². The molecule has 0 radical (unpaired) electrons. The van der Waals surface area contributed by atoms with Gasteiger partial charge in [0.1, 0.15) is 0 Å². The van der Waals surface area contributed by atoms with E-state index in [4.69, 9.17) is 0 Å². The zero-order valence-corrected chi connectivity index (χ0v) is 15.3. The summed E-state index contributed by atoms with van der Waals surface area (Å²) >= 11 is 0. The second-order valence-electron chi connectivity index (χ2n) is 6.56. The van der Waals surface area contributed by atoms with Crippen molar-refractivity contribution in [3.8, 4) is 5.69 Å². The quantitative estimate of drug-likeness (QED) is 0.695. The van der Waals surface area contributed by atoms with Gasteiger partial charge in [-0.1, -0.05) is 18.2 Å². The highest BCUT2D eigenvalue weighted by Gasteiger charge is 2.21. The van der Waals surface area contributed by atoms with E-state index in [-0.39, 0.29) is 11.8 Å². The standard InChI is InChI=1S/C22H20N4O2/c27-21(24-18-4-1-5-20(16-18)26-15-3-13-23-26)12-9-17-7-10-19(11-8-17)25-14-2-6-22(25)28/h1,3-5,7-13,15-16H,2,6,14H2,(H,24,27). The van der Waals surface area contributed by atoms with Crippen LogP contribution in [0.5, 0.6) is 0 Å². The number of carbonyl (C=O) groups excluding carboxylic acids is 2. The Labute approximate surface area is 163 Å². The Balaban J connectivity index is 1.39. The maximum Gasteiger partial charge on any atom is 0.248 e. The molecule has 140 valence electrons. The summed E-state index contributed by atoms with van der Waals surface area (Å²) in [6.07, 6.45) is 8.32. The smallest absolute Gasteiger partial charge is 0.248 e. The first kappa shape index (κ1) is 17.7. The highest BCUT2D eigenvalue weighted by atomic mass is 16.2. The summed E-state index contributed by atoms with van der Waals surface area (Å²) in [5.41, 5.74) is 3.37. The normalized spacial score (nSPS) is 14.0. The van der Waals surface area contributed by atoms with E-state index < -0.39 is 0 Å². The molecule has 4 rings (SSSR count). The summed E-state index contributed by atoms with van der Waals surface area (Å²) in [5.74, 6) is -0.0450. The number of nitrogens with zero attached hydrogens (tertiary/aromatic N) is 3. The number of benzene rings is 2. The minimum Gasteiger partial charge on any atom is -0.322 e. The highest BCUT2D eigenvalue weighted by Crippen LogP contribution is 2.22. The fourth-order valence-corrected chi connectivity index (χ4v) is 3.19. The van der Waals surface area contributed by atoms with Crippen LogP contribution in [0.15, 0.2) is 73.1 Å². The monoisotopic (exact) mass is 372 g/mol. The Morgan fingerprint density at radius 2 is 1.93 bits per heavy atom. The summed E-state index contributed by atoms with van der Waals surface area (Å²) in [5, 5.41) is 7.05. The number of nitrogens with one attached hydrogen (secondary N) is 1. The lowest BCUT2D eigenvalue weighted by Gasteiger charge is -2.15. The lowest BCUT2D eigenvalue weighted by atomic mass is 10.2. The van der Waals surface area contributed by atoms with Gasteiger partial charge in [-0.25, -0.2) is 4.68 Å². The van der Waals surface area contributed by atoms with Crippen LogP contribution < -0.4 is 10.2 Å². The number of hydrogen-bond acceptors (Lipinski definition) is 3. The van der Waals surface area contributed by atoms with Gasteiger partial charge in [0.05, 0.1) is 5.69 Å². The minimum atomic E-state index is -0.212. The molecule has 1 aliphatic heterocycles. The molecule has 0 unspecified atom stereocenters. The Morgan fingerprint density at radius 1 is 1.07 bits per heavy atom. The van der Waals surface area contributed by atoms with E-state index >= 15 is 0 Å². The number of aromatic nitrogens is 2. The maximum absolute atomic E-state index is 12.2. The van der Waals surface area contributed by atoms with E-state index in [0.29, 0.717) is 12.1 Å². The van der Waals surface area contributed by atoms with Crippen LogP contribution in [-0.2, 0) is 9.59 Å². The third kappa shape index (κ3) is 4.01. The predicted octanol–water partition coefficient (Wildman–Crippen LogP) is 3.65. The first-order valence-corrected chi connectivity index (χ1v) is 9.19. The summed E-state index contributed by atoms with van der Waals surface area (Å²) < 4.78 is 1.73. The molecule has 0 bridgehead atoms. The van der Waals surface area contributed by atoms with Crippen LogP contribution in [0.4, 0.5) is 11.4 Å². The third-order valence-corrected chi connectivity index (χ3v) is 4.59. The number of anilines is 2. The van der Waals surface area contributed by atoms with Crippen LogP contribution in [0.2, 0.25) is 0 Å². The first-order chi connectivity index (χ1) is 13.7. The Kier molecular flexibility index (Phi) is 5.01. The summed E-state index contributed by atoms with van der Waals surface area (Å²) in [6.45, 7) is 0.772. The van der Waals surface area contributed by atoms with Crippen LogP contribution in [0.3, 0.4) is 0 Å². The van der Waals surface area contributed by atoms with Crippen molar-refractivity contribution >= 4 is 29.3 Å². The third-order valence-electron chi connectivity index (χ3n) is 4.59. The molecule has 2 heterocycles. The lowest BCUT2D eigenvalue weighted by molar-refractivity contribution is -0.117. The molecule has 1 N–H and O–H groups in total. The van der Waals surface area contributed by atoms with Gasteiger partial charge in [0.25, 0.3) is 0 Å². The second kappa shape index (κ2) is 7.92. The van der Waals surface area contributed by atoms with Crippen LogP contribution in [0, 0.1) is 0 Å². The van der Waals surface area contributed by atoms with Crippen LogP contribution in [0.25, 0.3) is 11.8 Å². The molecule has 28 heavy (non-hydrogen) atoms. The SMILES string of the molecule is O=C(C=Cc1ccc(N2CCCC2=O)cc1)Nc1cccc(-n2cccn2)c1. The molecule has 0 atom stereocenters. The van der Waals surface area contributed by atoms with Crippen molar-refractivity contribution in [2.75, 3.05) is 16.8 Å². The van der Waals surface area contributed by atoms with Crippen molar-refractivity contribution in [1.82, 2.24) is 9.78 Å². The molecular weight excluding hydrogens is 352 g/mol. The van der Waals surface area contributed by atoms with E-state index in [1.165, 1.54) is 6.08 Å². The highest BCUT2D eigenvalue weighted by molar-refractivity contribution is 6.02. The van der Waals surface area contributed by atoms with Gasteiger partial charge < -0.3 is 10.2 Å². The van der Waals surface area contributed by atoms with Crippen molar-refractivity contribution in [3.63, 3.8) is 0 Å². The van der Waals surface area contributed by atoms with Crippen molar-refractivity contribution in [2.45, 2.75) is 12.8 Å². The summed E-state index contributed by atoms with van der Waals surface area (Å²) in [4.78, 5) is 25.8. The molecule has 6 nitrogen and oxygen atoms in total. The average molecular weight is 372 g/mol. The van der Waals surface area contributed by atoms with E-state index in [9.17, 15) is 9.59 Å². The Morgan fingerprint density at radius 3 is 2.64 bits per heavy atom. The molecule has 2 amide bonds. The van der Waals surface area contributed by atoms with Gasteiger partial charge in [0.2, 0.25) is 11.8 Å². The zero-order chi connectivity index (χ0) is 19.3. The van der Waals surface area contributed by atoms with E-state index in [1.807, 2.05) is 60.8 Å². The zero-order valence-electron chi connectivity index (χ0n) is 15.3. The van der Waals surface area contributed by atoms with Gasteiger partial charge >= 0.3 is 0 Å². The number of rotatable bonds is 5. The Bertz CT molecular complexity index is 1010. The number of hydrogen-bond donors (Lipinski definition) is 1. The average Bonchev–Trinajstić information content (AvgIpc) is 3.39. The fraction of sp³-hybridized carbons (Fsp3) is 0.136. The fourth-order valence-electron chi connectivity index (χ4n) is 3.19. The van der Waals surface area contributed by atoms with Gasteiger partial charge in [-0.3, -0.25) is 9.59 Å². The molecule has 1 aliphatic rings. The van der Waals surface area contributed by atoms with Gasteiger partial charge in [0.15, 0.2) is 0 Å². The van der Waals surface area contributed by atoms with Crippen molar-refractivity contribution in [1.29, 1.82) is 0 Å². The van der Waals surface area contributed by atoms with Crippen molar-refractivity contribution in [3.05, 3.63) is 78.6 Å². The molecule has 0 saturated carbocycles. The summed E-state index contributed by atoms with van der Waals surface area (Å²) in [6, 6.07) is 17.0. The van der Waals surface area contributed by atoms with Crippen LogP contribution >= 0.6 is 0 Å². The summed E-state index contributed by atoms with van der Waals surface area (Å²) in [7, 11) is 0. The van der Waals surface area contributed by atoms with E-state index in [1.54, 1.807) is 21.9 Å².